The fourth-order valence-electron chi connectivity index (χ4n) is 4.18. The molecule has 25 heavy (non-hydrogen) atoms. The van der Waals surface area contributed by atoms with Gasteiger partial charge in [0.05, 0.1) is 5.69 Å². The lowest BCUT2D eigenvalue weighted by molar-refractivity contribution is 0.439. The van der Waals surface area contributed by atoms with Crippen LogP contribution < -0.4 is 10.6 Å². The van der Waals surface area contributed by atoms with Gasteiger partial charge in [-0.2, -0.15) is 5.26 Å². The number of hydrogen-bond donors (Lipinski definition) is 2. The zero-order valence-electron chi connectivity index (χ0n) is 14.6. The van der Waals surface area contributed by atoms with Crippen LogP contribution >= 0.6 is 0 Å². The third-order valence-corrected chi connectivity index (χ3v) is 5.50. The van der Waals surface area contributed by atoms with E-state index in [0.29, 0.717) is 17.7 Å². The van der Waals surface area contributed by atoms with Gasteiger partial charge in [0.15, 0.2) is 0 Å². The molecule has 5 nitrogen and oxygen atoms in total. The molecule has 0 aromatic carbocycles. The average molecular weight is 335 g/mol. The van der Waals surface area contributed by atoms with Crippen LogP contribution in [-0.2, 0) is 0 Å². The Labute approximate surface area is 148 Å². The molecule has 3 heterocycles. The van der Waals surface area contributed by atoms with Crippen LogP contribution in [0.2, 0.25) is 0 Å². The molecular weight excluding hydrogens is 310 g/mol. The van der Waals surface area contributed by atoms with E-state index in [2.05, 4.69) is 27.8 Å². The summed E-state index contributed by atoms with van der Waals surface area (Å²) in [4.78, 5) is 9.29. The van der Waals surface area contributed by atoms with Crippen molar-refractivity contribution in [2.24, 2.45) is 0 Å². The fourth-order valence-corrected chi connectivity index (χ4v) is 4.18. The van der Waals surface area contributed by atoms with Crippen molar-refractivity contribution in [2.45, 2.75) is 56.9 Å². The van der Waals surface area contributed by atoms with Crippen LogP contribution in [0.25, 0.3) is 10.8 Å². The van der Waals surface area contributed by atoms with Crippen LogP contribution in [0.15, 0.2) is 18.3 Å². The lowest BCUT2D eigenvalue weighted by Crippen LogP contribution is -2.38. The van der Waals surface area contributed by atoms with Gasteiger partial charge in [0.1, 0.15) is 17.6 Å². The van der Waals surface area contributed by atoms with Crippen molar-refractivity contribution in [1.29, 1.82) is 5.26 Å². The van der Waals surface area contributed by atoms with Crippen molar-refractivity contribution < 1.29 is 0 Å². The average Bonchev–Trinajstić information content (AvgIpc) is 2.68. The Balaban J connectivity index is 1.70. The topological polar surface area (TPSA) is 73.6 Å². The zero-order chi connectivity index (χ0) is 17.1. The molecule has 1 saturated carbocycles. The van der Waals surface area contributed by atoms with Gasteiger partial charge in [-0.15, -0.1) is 0 Å². The molecule has 2 fully saturated rings. The van der Waals surface area contributed by atoms with E-state index in [0.717, 1.165) is 35.4 Å². The second kappa shape index (κ2) is 7.37. The molecule has 0 amide bonds. The molecule has 1 atom stereocenters. The number of rotatable bonds is 3. The van der Waals surface area contributed by atoms with E-state index in [-0.39, 0.29) is 0 Å². The van der Waals surface area contributed by atoms with Gasteiger partial charge in [0, 0.05) is 35.5 Å². The Morgan fingerprint density at radius 2 is 2.00 bits per heavy atom. The Hall–Kier alpha value is -2.19. The molecule has 2 aromatic rings. The van der Waals surface area contributed by atoms with Gasteiger partial charge in [0.25, 0.3) is 0 Å². The summed E-state index contributed by atoms with van der Waals surface area (Å²) in [6.07, 6.45) is 10.4. The second-order valence-electron chi connectivity index (χ2n) is 7.32. The summed E-state index contributed by atoms with van der Waals surface area (Å²) in [6.45, 7) is 2.09. The largest absolute Gasteiger partial charge is 0.366 e. The van der Waals surface area contributed by atoms with Crippen molar-refractivity contribution in [3.63, 3.8) is 0 Å². The van der Waals surface area contributed by atoms with Gasteiger partial charge in [-0.05, 0) is 44.4 Å². The number of nitriles is 1. The van der Waals surface area contributed by atoms with Crippen LogP contribution in [0.1, 0.15) is 62.3 Å². The first-order valence-corrected chi connectivity index (χ1v) is 9.51. The Morgan fingerprint density at radius 1 is 1.12 bits per heavy atom. The van der Waals surface area contributed by atoms with E-state index < -0.39 is 0 Å². The standard InChI is InChI=1S/C20H25N5/c21-11-17-9-15-12-23-19(24-16-7-4-8-22-13-16)10-18(15)20(25-17)14-5-2-1-3-6-14/h9-10,12,14,16,22H,1-8,13H2,(H,23,24)/t16-/m0/s1. The summed E-state index contributed by atoms with van der Waals surface area (Å²) in [5, 5.41) is 18.5. The fraction of sp³-hybridized carbons (Fsp3) is 0.550. The molecule has 2 aromatic heterocycles. The van der Waals surface area contributed by atoms with Gasteiger partial charge >= 0.3 is 0 Å². The summed E-state index contributed by atoms with van der Waals surface area (Å²) < 4.78 is 0. The Morgan fingerprint density at radius 3 is 2.76 bits per heavy atom. The van der Waals surface area contributed by atoms with Crippen molar-refractivity contribution in [2.75, 3.05) is 18.4 Å². The monoisotopic (exact) mass is 335 g/mol. The molecule has 4 rings (SSSR count). The molecule has 0 bridgehead atoms. The van der Waals surface area contributed by atoms with Crippen LogP contribution in [0.5, 0.6) is 0 Å². The van der Waals surface area contributed by atoms with E-state index in [4.69, 9.17) is 4.98 Å². The van der Waals surface area contributed by atoms with E-state index in [1.807, 2.05) is 12.3 Å². The first kappa shape index (κ1) is 16.3. The number of fused-ring (bicyclic) bond motifs is 1. The maximum Gasteiger partial charge on any atom is 0.141 e. The highest BCUT2D eigenvalue weighted by atomic mass is 15.1. The third-order valence-electron chi connectivity index (χ3n) is 5.50. The van der Waals surface area contributed by atoms with Crippen molar-refractivity contribution in [3.8, 4) is 6.07 Å². The maximum atomic E-state index is 9.34. The summed E-state index contributed by atoms with van der Waals surface area (Å²) in [6, 6.07) is 6.65. The third kappa shape index (κ3) is 3.59. The minimum Gasteiger partial charge on any atom is -0.366 e. The normalized spacial score (nSPS) is 21.8. The lowest BCUT2D eigenvalue weighted by Gasteiger charge is -2.25. The summed E-state index contributed by atoms with van der Waals surface area (Å²) >= 11 is 0. The zero-order valence-corrected chi connectivity index (χ0v) is 14.6. The summed E-state index contributed by atoms with van der Waals surface area (Å²) in [5.41, 5.74) is 1.60. The molecule has 0 radical (unpaired) electrons. The number of aromatic nitrogens is 2. The minimum absolute atomic E-state index is 0.433. The van der Waals surface area contributed by atoms with Gasteiger partial charge in [-0.1, -0.05) is 19.3 Å². The predicted octanol–water partition coefficient (Wildman–Crippen LogP) is 3.71. The summed E-state index contributed by atoms with van der Waals surface area (Å²) in [7, 11) is 0. The molecule has 130 valence electrons. The molecule has 1 aliphatic carbocycles. The summed E-state index contributed by atoms with van der Waals surface area (Å²) in [5.74, 6) is 1.39. The van der Waals surface area contributed by atoms with Crippen LogP contribution in [-0.4, -0.2) is 29.1 Å². The molecule has 0 unspecified atom stereocenters. The highest BCUT2D eigenvalue weighted by Gasteiger charge is 2.21. The van der Waals surface area contributed by atoms with E-state index in [9.17, 15) is 5.26 Å². The molecule has 0 spiro atoms. The van der Waals surface area contributed by atoms with Crippen molar-refractivity contribution in [1.82, 2.24) is 15.3 Å². The molecular formula is C20H25N5. The first-order valence-electron chi connectivity index (χ1n) is 9.51. The van der Waals surface area contributed by atoms with Gasteiger partial charge in [0.2, 0.25) is 0 Å². The van der Waals surface area contributed by atoms with Crippen LogP contribution in [0, 0.1) is 11.3 Å². The van der Waals surface area contributed by atoms with Gasteiger partial charge in [-0.3, -0.25) is 0 Å². The highest BCUT2D eigenvalue weighted by Crippen LogP contribution is 2.36. The van der Waals surface area contributed by atoms with Crippen molar-refractivity contribution >= 4 is 16.6 Å². The Kier molecular flexibility index (Phi) is 4.80. The van der Waals surface area contributed by atoms with Crippen molar-refractivity contribution in [3.05, 3.63) is 29.7 Å². The number of nitrogens with zero attached hydrogens (tertiary/aromatic N) is 3. The highest BCUT2D eigenvalue weighted by molar-refractivity contribution is 5.87. The number of anilines is 1. The van der Waals surface area contributed by atoms with E-state index in [1.54, 1.807) is 0 Å². The van der Waals surface area contributed by atoms with Gasteiger partial charge < -0.3 is 10.6 Å². The maximum absolute atomic E-state index is 9.34. The van der Waals surface area contributed by atoms with E-state index in [1.165, 1.54) is 44.9 Å². The number of hydrogen-bond acceptors (Lipinski definition) is 5. The number of nitrogens with one attached hydrogen (secondary N) is 2. The van der Waals surface area contributed by atoms with Gasteiger partial charge in [-0.25, -0.2) is 9.97 Å². The van der Waals surface area contributed by atoms with E-state index >= 15 is 0 Å². The first-order chi connectivity index (χ1) is 12.3. The number of pyridine rings is 2. The molecule has 1 aliphatic heterocycles. The van der Waals surface area contributed by atoms with Crippen LogP contribution in [0.4, 0.5) is 5.82 Å². The Bertz CT molecular complexity index is 783. The SMILES string of the molecule is N#Cc1cc2cnc(N[C@H]3CCCNC3)cc2c(C2CCCCC2)n1. The lowest BCUT2D eigenvalue weighted by atomic mass is 9.85. The number of piperidine rings is 1. The molecule has 2 N–H and O–H groups in total. The smallest absolute Gasteiger partial charge is 0.141 e. The molecule has 1 saturated heterocycles. The second-order valence-corrected chi connectivity index (χ2v) is 7.32. The quantitative estimate of drug-likeness (QED) is 0.894. The predicted molar refractivity (Wildman–Crippen MR) is 99.6 cm³/mol. The minimum atomic E-state index is 0.433. The molecule has 2 aliphatic rings. The molecule has 5 heteroatoms. The van der Waals surface area contributed by atoms with Crippen LogP contribution in [0.3, 0.4) is 0 Å².